The van der Waals surface area contributed by atoms with Crippen LogP contribution in [0.15, 0.2) is 70.7 Å². The number of H-pyrrole nitrogens is 1. The van der Waals surface area contributed by atoms with Gasteiger partial charge < -0.3 is 34.7 Å². The van der Waals surface area contributed by atoms with E-state index in [4.69, 9.17) is 9.26 Å². The number of nitrogens with one attached hydrogen (secondary N) is 2. The number of nitrogens with zero attached hydrogens (tertiary/aromatic N) is 7. The van der Waals surface area contributed by atoms with Gasteiger partial charge in [0, 0.05) is 67.3 Å². The third-order valence-corrected chi connectivity index (χ3v) is 14.4. The van der Waals surface area contributed by atoms with E-state index in [1.165, 1.54) is 16.2 Å². The van der Waals surface area contributed by atoms with E-state index in [1.54, 1.807) is 29.5 Å². The summed E-state index contributed by atoms with van der Waals surface area (Å²) in [5.74, 6) is -0.153. The number of hydrogen-bond acceptors (Lipinski definition) is 13. The van der Waals surface area contributed by atoms with Gasteiger partial charge in [0.15, 0.2) is 11.4 Å². The molecule has 4 atom stereocenters. The Bertz CT molecular complexity index is 2590. The lowest BCUT2D eigenvalue weighted by Gasteiger charge is -2.47. The van der Waals surface area contributed by atoms with Crippen molar-refractivity contribution >= 4 is 34.2 Å². The lowest BCUT2D eigenvalue weighted by Crippen LogP contribution is -2.54. The number of thiazole rings is 1. The van der Waals surface area contributed by atoms with Crippen molar-refractivity contribution in [2.24, 2.45) is 5.92 Å². The summed E-state index contributed by atoms with van der Waals surface area (Å²) in [5, 5.41) is 38.2. The van der Waals surface area contributed by atoms with Crippen molar-refractivity contribution in [1.82, 2.24) is 45.3 Å². The molecule has 0 saturated carbocycles. The third-order valence-electron chi connectivity index (χ3n) is 13.5. The van der Waals surface area contributed by atoms with Gasteiger partial charge in [0.2, 0.25) is 11.8 Å². The molecule has 9 rings (SSSR count). The second kappa shape index (κ2) is 18.4. The standard InChI is InChI=1S/C48H57N9O6S/c1-27(2)43(48(61)57-25-35(58)20-39(57)47(60)50-29(4)31-10-12-32(13-11-31)45-30(5)49-26-64-45)41-22-42(54-63-41)62-19-18-55-16-14-34(15-17-55)56-23-33(24-56)44-28(3)37-21-38(52-53-46(37)51-44)36-8-6-7-9-40(36)59/h6-13,21-22,26-27,29,33-35,39,43,58-59H,14-20,23-25H2,1-5H3,(H,50,60)(H,51,53)/t29-,35+,39-,43+/m0/s1. The maximum absolute atomic E-state index is 14.2. The molecule has 0 unspecified atom stereocenters. The van der Waals surface area contributed by atoms with Gasteiger partial charge in [-0.3, -0.25) is 19.4 Å². The molecule has 7 heterocycles. The highest BCUT2D eigenvalue weighted by Crippen LogP contribution is 2.38. The minimum absolute atomic E-state index is 0.0624. The fourth-order valence-electron chi connectivity index (χ4n) is 9.75. The molecule has 15 nitrogen and oxygen atoms in total. The first-order chi connectivity index (χ1) is 30.9. The van der Waals surface area contributed by atoms with E-state index in [9.17, 15) is 19.8 Å². The van der Waals surface area contributed by atoms with Crippen LogP contribution in [0.3, 0.4) is 0 Å². The number of ether oxygens (including phenoxy) is 1. The maximum atomic E-state index is 14.2. The van der Waals surface area contributed by atoms with Gasteiger partial charge in [0.25, 0.3) is 5.88 Å². The van der Waals surface area contributed by atoms with Crippen molar-refractivity contribution in [1.29, 1.82) is 0 Å². The van der Waals surface area contributed by atoms with Crippen LogP contribution in [0.4, 0.5) is 0 Å². The normalized spacial score (nSPS) is 19.9. The highest BCUT2D eigenvalue weighted by Gasteiger charge is 2.44. The number of amides is 2. The molecular weight excluding hydrogens is 831 g/mol. The van der Waals surface area contributed by atoms with E-state index >= 15 is 0 Å². The number of β-amino-alcohol motifs (C(OH)–C–C–N with tert-alkyl or cyclic N) is 1. The zero-order chi connectivity index (χ0) is 44.6. The minimum Gasteiger partial charge on any atom is -0.507 e. The Morgan fingerprint density at radius 1 is 1.02 bits per heavy atom. The van der Waals surface area contributed by atoms with Gasteiger partial charge in [0.1, 0.15) is 24.3 Å². The van der Waals surface area contributed by atoms with E-state index in [0.29, 0.717) is 41.5 Å². The van der Waals surface area contributed by atoms with Crippen molar-refractivity contribution in [2.45, 2.75) is 89.9 Å². The zero-order valence-electron chi connectivity index (χ0n) is 37.0. The van der Waals surface area contributed by atoms with Crippen LogP contribution >= 0.6 is 11.3 Å². The largest absolute Gasteiger partial charge is 0.507 e. The van der Waals surface area contributed by atoms with E-state index in [-0.39, 0.29) is 42.5 Å². The number of phenols is 1. The number of aliphatic hydroxyl groups is 1. The SMILES string of the molecule is Cc1ncsc1-c1ccc([C@H](C)NC(=O)[C@@H]2C[C@@H](O)CN2C(=O)[C@@H](c2cc(OCCN3CCC(N4CC(c5[nH]c6nnc(-c7ccccc7O)cc6c5C)C4)CC3)no2)C(C)C)cc1. The molecule has 3 aliphatic heterocycles. The molecule has 0 aliphatic carbocycles. The summed E-state index contributed by atoms with van der Waals surface area (Å²) in [7, 11) is 0. The highest BCUT2D eigenvalue weighted by atomic mass is 32.1. The Kier molecular flexibility index (Phi) is 12.5. The van der Waals surface area contributed by atoms with E-state index in [2.05, 4.69) is 47.4 Å². The summed E-state index contributed by atoms with van der Waals surface area (Å²) in [6.45, 7) is 15.1. The number of aromatic nitrogens is 5. The number of aryl methyl sites for hydroxylation is 2. The number of para-hydroxylation sites is 1. The highest BCUT2D eigenvalue weighted by molar-refractivity contribution is 7.13. The molecule has 3 aliphatic rings. The Hall–Kier alpha value is -5.68. The summed E-state index contributed by atoms with van der Waals surface area (Å²) in [6.07, 6.45) is 1.52. The fraction of sp³-hybridized carbons (Fsp3) is 0.458. The first-order valence-corrected chi connectivity index (χ1v) is 23.3. The van der Waals surface area contributed by atoms with E-state index < -0.39 is 18.1 Å². The molecule has 6 aromatic rings. The van der Waals surface area contributed by atoms with Crippen LogP contribution in [-0.2, 0) is 9.59 Å². The van der Waals surface area contributed by atoms with Crippen molar-refractivity contribution in [3.05, 3.63) is 94.4 Å². The second-order valence-electron chi connectivity index (χ2n) is 18.0. The zero-order valence-corrected chi connectivity index (χ0v) is 37.8. The van der Waals surface area contributed by atoms with Gasteiger partial charge in [-0.1, -0.05) is 50.2 Å². The molecule has 16 heteroatoms. The third kappa shape index (κ3) is 8.88. The number of aliphatic hydroxyl groups excluding tert-OH is 1. The van der Waals surface area contributed by atoms with Gasteiger partial charge in [-0.2, -0.15) is 0 Å². The second-order valence-corrected chi connectivity index (χ2v) is 18.9. The predicted molar refractivity (Wildman–Crippen MR) is 244 cm³/mol. The van der Waals surface area contributed by atoms with Gasteiger partial charge in [-0.05, 0) is 92.7 Å². The molecule has 64 heavy (non-hydrogen) atoms. The van der Waals surface area contributed by atoms with Crippen LogP contribution in [0.2, 0.25) is 0 Å². The van der Waals surface area contributed by atoms with Crippen LogP contribution in [0.25, 0.3) is 32.7 Å². The lowest BCUT2D eigenvalue weighted by atomic mass is 9.89. The van der Waals surface area contributed by atoms with Crippen LogP contribution in [-0.4, -0.2) is 126 Å². The Morgan fingerprint density at radius 2 is 1.78 bits per heavy atom. The molecule has 2 amide bonds. The molecule has 4 aromatic heterocycles. The van der Waals surface area contributed by atoms with Crippen molar-refractivity contribution in [2.75, 3.05) is 45.9 Å². The van der Waals surface area contributed by atoms with Crippen molar-refractivity contribution in [3.63, 3.8) is 0 Å². The Balaban J connectivity index is 0.736. The molecule has 4 N–H and O–H groups in total. The number of rotatable bonds is 14. The number of benzene rings is 2. The molecule has 3 saturated heterocycles. The number of aromatic hydroxyl groups is 1. The van der Waals surface area contributed by atoms with Crippen LogP contribution < -0.4 is 10.1 Å². The first-order valence-electron chi connectivity index (χ1n) is 22.4. The van der Waals surface area contributed by atoms with Crippen molar-refractivity contribution in [3.8, 4) is 33.3 Å². The summed E-state index contributed by atoms with van der Waals surface area (Å²) in [6, 6.07) is 18.4. The number of likely N-dealkylation sites (tertiary alicyclic amines) is 3. The lowest BCUT2D eigenvalue weighted by molar-refractivity contribution is -0.141. The number of piperidine rings is 1. The molecule has 2 aromatic carbocycles. The first kappa shape index (κ1) is 43.6. The monoisotopic (exact) mass is 887 g/mol. The number of phenolic OH excluding ortho intramolecular Hbond substituents is 1. The van der Waals surface area contributed by atoms with Gasteiger partial charge in [-0.25, -0.2) is 4.98 Å². The molecule has 3 fully saturated rings. The minimum atomic E-state index is -0.818. The van der Waals surface area contributed by atoms with E-state index in [0.717, 1.165) is 78.3 Å². The Labute approximate surface area is 376 Å². The van der Waals surface area contributed by atoms with Gasteiger partial charge in [0.05, 0.1) is 33.9 Å². The summed E-state index contributed by atoms with van der Waals surface area (Å²) in [5.41, 5.74) is 9.35. The topological polar surface area (TPSA) is 186 Å². The molecule has 0 bridgehead atoms. The van der Waals surface area contributed by atoms with Crippen LogP contribution in [0.5, 0.6) is 11.6 Å². The Morgan fingerprint density at radius 3 is 2.50 bits per heavy atom. The predicted octanol–water partition coefficient (Wildman–Crippen LogP) is 6.58. The van der Waals surface area contributed by atoms with E-state index in [1.807, 2.05) is 75.7 Å². The summed E-state index contributed by atoms with van der Waals surface area (Å²) >= 11 is 1.59. The molecule has 0 radical (unpaired) electrons. The average Bonchev–Trinajstić information content (AvgIpc) is 4.08. The molecule has 0 spiro atoms. The fourth-order valence-corrected chi connectivity index (χ4v) is 10.6. The van der Waals surface area contributed by atoms with Crippen molar-refractivity contribution < 1.29 is 29.1 Å². The quantitative estimate of drug-likeness (QED) is 0.0923. The number of hydrogen-bond donors (Lipinski definition) is 4. The number of carbonyl (C=O) groups excluding carboxylic acids is 2. The molecule has 336 valence electrons. The summed E-state index contributed by atoms with van der Waals surface area (Å²) < 4.78 is 11.8. The number of carbonyl (C=O) groups is 2. The maximum Gasteiger partial charge on any atom is 0.254 e. The number of aromatic amines is 1. The summed E-state index contributed by atoms with van der Waals surface area (Å²) in [4.78, 5) is 43.4. The van der Waals surface area contributed by atoms with Gasteiger partial charge in [-0.15, -0.1) is 21.5 Å². The van der Waals surface area contributed by atoms with Gasteiger partial charge >= 0.3 is 0 Å². The van der Waals surface area contributed by atoms with Crippen LogP contribution in [0, 0.1) is 19.8 Å². The molecular formula is C48H57N9O6S. The van der Waals surface area contributed by atoms with Crippen LogP contribution in [0.1, 0.15) is 86.2 Å². The number of fused-ring (bicyclic) bond motifs is 1. The average molecular weight is 888 g/mol. The smallest absolute Gasteiger partial charge is 0.254 e.